The number of benzene rings is 2. The van der Waals surface area contributed by atoms with Crippen LogP contribution in [0.1, 0.15) is 5.56 Å². The van der Waals surface area contributed by atoms with Crippen molar-refractivity contribution in [2.75, 3.05) is 5.32 Å². The summed E-state index contributed by atoms with van der Waals surface area (Å²) in [5.41, 5.74) is 4.07. The lowest BCUT2D eigenvalue weighted by Gasteiger charge is -2.12. The Kier molecular flexibility index (Phi) is 4.23. The van der Waals surface area contributed by atoms with Gasteiger partial charge in [0.15, 0.2) is 0 Å². The van der Waals surface area contributed by atoms with Gasteiger partial charge < -0.3 is 10.4 Å². The van der Waals surface area contributed by atoms with Gasteiger partial charge in [0, 0.05) is 22.5 Å². The molecular weight excluding hydrogens is 369 g/mol. The summed E-state index contributed by atoms with van der Waals surface area (Å²) in [5, 5.41) is 14.6. The molecule has 0 aliphatic heterocycles. The van der Waals surface area contributed by atoms with Gasteiger partial charge in [-0.1, -0.05) is 41.4 Å². The number of aromatic hydroxyl groups is 1. The number of pyridine rings is 1. The molecular formula is C20H15Cl2N3O. The first-order valence-corrected chi connectivity index (χ1v) is 8.77. The molecule has 2 heterocycles. The van der Waals surface area contributed by atoms with Crippen LogP contribution in [0.4, 0.5) is 11.5 Å². The molecule has 0 bridgehead atoms. The van der Waals surface area contributed by atoms with E-state index in [1.54, 1.807) is 30.5 Å². The van der Waals surface area contributed by atoms with Crippen molar-refractivity contribution in [3.63, 3.8) is 0 Å². The highest BCUT2D eigenvalue weighted by Gasteiger charge is 2.16. The van der Waals surface area contributed by atoms with E-state index in [4.69, 9.17) is 28.2 Å². The lowest BCUT2D eigenvalue weighted by atomic mass is 10.1. The van der Waals surface area contributed by atoms with Crippen LogP contribution in [0.25, 0.3) is 16.9 Å². The predicted octanol–water partition coefficient (Wildman–Crippen LogP) is 6.07. The standard InChI is InChI=1S/C20H15Cl2N3O/c1-12-16(22)6-3-7-17(12)23-20-19(13-4-2-5-15(26)10-13)24-18-9-8-14(21)11-25(18)20/h2-11,23,26H,1H3. The summed E-state index contributed by atoms with van der Waals surface area (Å²) in [6.07, 6.45) is 1.80. The number of fused-ring (bicyclic) bond motifs is 1. The second-order valence-electron chi connectivity index (χ2n) is 5.97. The molecule has 26 heavy (non-hydrogen) atoms. The molecule has 0 unspecified atom stereocenters. The van der Waals surface area contributed by atoms with Crippen molar-refractivity contribution in [2.24, 2.45) is 0 Å². The smallest absolute Gasteiger partial charge is 0.143 e. The number of imidazole rings is 1. The van der Waals surface area contributed by atoms with Gasteiger partial charge >= 0.3 is 0 Å². The molecule has 4 aromatic rings. The van der Waals surface area contributed by atoms with Gasteiger partial charge in [-0.2, -0.15) is 0 Å². The third-order valence-electron chi connectivity index (χ3n) is 4.22. The van der Waals surface area contributed by atoms with Gasteiger partial charge in [-0.05, 0) is 48.9 Å². The van der Waals surface area contributed by atoms with E-state index >= 15 is 0 Å². The van der Waals surface area contributed by atoms with E-state index in [1.165, 1.54) is 0 Å². The summed E-state index contributed by atoms with van der Waals surface area (Å²) in [7, 11) is 0. The number of anilines is 2. The van der Waals surface area contributed by atoms with Crippen molar-refractivity contribution in [3.8, 4) is 17.0 Å². The molecule has 0 aliphatic carbocycles. The molecule has 0 fully saturated rings. The molecule has 6 heteroatoms. The van der Waals surface area contributed by atoms with Crippen LogP contribution in [0.5, 0.6) is 5.75 Å². The van der Waals surface area contributed by atoms with Crippen LogP contribution in [0.2, 0.25) is 10.0 Å². The van der Waals surface area contributed by atoms with E-state index in [1.807, 2.05) is 41.7 Å². The summed E-state index contributed by atoms with van der Waals surface area (Å²) in [6, 6.07) is 16.3. The summed E-state index contributed by atoms with van der Waals surface area (Å²) in [5.74, 6) is 0.931. The van der Waals surface area contributed by atoms with Crippen LogP contribution < -0.4 is 5.32 Å². The zero-order valence-corrected chi connectivity index (χ0v) is 15.4. The third kappa shape index (κ3) is 2.98. The van der Waals surface area contributed by atoms with Crippen LogP contribution >= 0.6 is 23.2 Å². The van der Waals surface area contributed by atoms with E-state index < -0.39 is 0 Å². The zero-order valence-electron chi connectivity index (χ0n) is 13.9. The number of phenolic OH excluding ortho intramolecular Hbond substituents is 1. The lowest BCUT2D eigenvalue weighted by Crippen LogP contribution is -1.99. The molecule has 4 nitrogen and oxygen atoms in total. The van der Waals surface area contributed by atoms with Crippen LogP contribution in [0.15, 0.2) is 60.8 Å². The fourth-order valence-electron chi connectivity index (χ4n) is 2.86. The minimum absolute atomic E-state index is 0.183. The van der Waals surface area contributed by atoms with Crippen molar-refractivity contribution in [1.29, 1.82) is 0 Å². The van der Waals surface area contributed by atoms with Crippen LogP contribution in [-0.2, 0) is 0 Å². The van der Waals surface area contributed by atoms with Crippen molar-refractivity contribution in [1.82, 2.24) is 9.38 Å². The molecule has 2 aromatic heterocycles. The highest BCUT2D eigenvalue weighted by molar-refractivity contribution is 6.31. The Morgan fingerprint density at radius 2 is 1.85 bits per heavy atom. The maximum atomic E-state index is 9.86. The molecule has 130 valence electrons. The van der Waals surface area contributed by atoms with Gasteiger partial charge in [0.25, 0.3) is 0 Å². The molecule has 0 radical (unpaired) electrons. The maximum absolute atomic E-state index is 9.86. The highest BCUT2D eigenvalue weighted by Crippen LogP contribution is 2.35. The Hall–Kier alpha value is -2.69. The molecule has 0 aliphatic rings. The quantitative estimate of drug-likeness (QED) is 0.451. The first-order chi connectivity index (χ1) is 12.5. The molecule has 0 amide bonds. The van der Waals surface area contributed by atoms with Crippen molar-refractivity contribution >= 4 is 40.4 Å². The van der Waals surface area contributed by atoms with Gasteiger partial charge in [0.2, 0.25) is 0 Å². The number of phenols is 1. The minimum atomic E-state index is 0.183. The predicted molar refractivity (Wildman–Crippen MR) is 107 cm³/mol. The average Bonchev–Trinajstić information content (AvgIpc) is 2.97. The normalized spacial score (nSPS) is 11.0. The molecule has 2 aromatic carbocycles. The van der Waals surface area contributed by atoms with E-state index in [9.17, 15) is 5.11 Å². The molecule has 0 saturated carbocycles. The van der Waals surface area contributed by atoms with E-state index in [0.29, 0.717) is 15.7 Å². The molecule has 0 spiro atoms. The van der Waals surface area contributed by atoms with E-state index in [-0.39, 0.29) is 5.75 Å². The first kappa shape index (κ1) is 16.8. The topological polar surface area (TPSA) is 49.6 Å². The number of rotatable bonds is 3. The number of aromatic nitrogens is 2. The summed E-state index contributed by atoms with van der Waals surface area (Å²) < 4.78 is 1.89. The number of hydrogen-bond acceptors (Lipinski definition) is 3. The molecule has 0 atom stereocenters. The van der Waals surface area contributed by atoms with Gasteiger partial charge in [0.05, 0.1) is 5.02 Å². The van der Waals surface area contributed by atoms with E-state index in [0.717, 1.165) is 28.3 Å². The SMILES string of the molecule is Cc1c(Cl)cccc1Nc1c(-c2cccc(O)c2)nc2ccc(Cl)cn12. The third-order valence-corrected chi connectivity index (χ3v) is 4.86. The van der Waals surface area contributed by atoms with Gasteiger partial charge in [-0.25, -0.2) is 4.98 Å². The number of nitrogens with one attached hydrogen (secondary N) is 1. The Morgan fingerprint density at radius 1 is 1.04 bits per heavy atom. The lowest BCUT2D eigenvalue weighted by molar-refractivity contribution is 0.475. The second-order valence-corrected chi connectivity index (χ2v) is 6.82. The Balaban J connectivity index is 1.94. The maximum Gasteiger partial charge on any atom is 0.143 e. The first-order valence-electron chi connectivity index (χ1n) is 8.02. The molecule has 2 N–H and O–H groups in total. The van der Waals surface area contributed by atoms with Crippen molar-refractivity contribution in [2.45, 2.75) is 6.92 Å². The average molecular weight is 384 g/mol. The molecule has 0 saturated heterocycles. The fourth-order valence-corrected chi connectivity index (χ4v) is 3.20. The van der Waals surface area contributed by atoms with Crippen LogP contribution in [0, 0.1) is 6.92 Å². The number of halogens is 2. The Bertz CT molecular complexity index is 1120. The minimum Gasteiger partial charge on any atom is -0.508 e. The second kappa shape index (κ2) is 6.56. The summed E-state index contributed by atoms with van der Waals surface area (Å²) in [4.78, 5) is 4.71. The monoisotopic (exact) mass is 383 g/mol. The zero-order chi connectivity index (χ0) is 18.3. The highest BCUT2D eigenvalue weighted by atomic mass is 35.5. The number of hydrogen-bond donors (Lipinski definition) is 2. The Labute approximate surface area is 160 Å². The van der Waals surface area contributed by atoms with Crippen LogP contribution in [-0.4, -0.2) is 14.5 Å². The summed E-state index contributed by atoms with van der Waals surface area (Å²) >= 11 is 12.5. The van der Waals surface area contributed by atoms with Crippen molar-refractivity contribution in [3.05, 3.63) is 76.4 Å². The van der Waals surface area contributed by atoms with Crippen LogP contribution in [0.3, 0.4) is 0 Å². The molecule has 4 rings (SSSR count). The Morgan fingerprint density at radius 3 is 2.65 bits per heavy atom. The largest absolute Gasteiger partial charge is 0.508 e. The van der Waals surface area contributed by atoms with Gasteiger partial charge in [0.1, 0.15) is 22.9 Å². The summed E-state index contributed by atoms with van der Waals surface area (Å²) in [6.45, 7) is 1.95. The van der Waals surface area contributed by atoms with Gasteiger partial charge in [-0.3, -0.25) is 4.40 Å². The van der Waals surface area contributed by atoms with Gasteiger partial charge in [-0.15, -0.1) is 0 Å². The van der Waals surface area contributed by atoms with Crippen molar-refractivity contribution < 1.29 is 5.11 Å². The number of nitrogens with zero attached hydrogens (tertiary/aromatic N) is 2. The fraction of sp³-hybridized carbons (Fsp3) is 0.0500. The van der Waals surface area contributed by atoms with E-state index in [2.05, 4.69) is 5.32 Å².